The fourth-order valence-electron chi connectivity index (χ4n) is 1.96. The van der Waals surface area contributed by atoms with Crippen molar-refractivity contribution in [1.29, 1.82) is 0 Å². The largest absolute Gasteiger partial charge is 0.395 e. The van der Waals surface area contributed by atoms with Crippen molar-refractivity contribution in [3.8, 4) is 0 Å². The lowest BCUT2D eigenvalue weighted by molar-refractivity contribution is 0.0175. The first kappa shape index (κ1) is 11.9. The van der Waals surface area contributed by atoms with Crippen LogP contribution in [0.2, 0.25) is 0 Å². The van der Waals surface area contributed by atoms with Gasteiger partial charge in [-0.3, -0.25) is 9.89 Å². The summed E-state index contributed by atoms with van der Waals surface area (Å²) < 4.78 is 5.15. The maximum Gasteiger partial charge on any atom is 0.274 e. The van der Waals surface area contributed by atoms with Crippen LogP contribution in [-0.2, 0) is 11.2 Å². The maximum atomic E-state index is 11.9. The number of methoxy groups -OCH3 is 1. The van der Waals surface area contributed by atoms with E-state index in [1.807, 2.05) is 6.92 Å². The number of carbonyl (C=O) groups excluding carboxylic acids is 1. The van der Waals surface area contributed by atoms with Crippen molar-refractivity contribution in [3.05, 3.63) is 11.4 Å². The van der Waals surface area contributed by atoms with Gasteiger partial charge >= 0.3 is 0 Å². The predicted molar refractivity (Wildman–Crippen MR) is 63.7 cm³/mol. The van der Waals surface area contributed by atoms with Gasteiger partial charge in [0.05, 0.1) is 17.5 Å². The maximum absolute atomic E-state index is 11.9. The summed E-state index contributed by atoms with van der Waals surface area (Å²) in [6.07, 6.45) is 2.71. The van der Waals surface area contributed by atoms with Gasteiger partial charge < -0.3 is 15.8 Å². The van der Waals surface area contributed by atoms with Crippen molar-refractivity contribution in [2.75, 3.05) is 12.8 Å². The molecular weight excluding hydrogens is 220 g/mol. The summed E-state index contributed by atoms with van der Waals surface area (Å²) >= 11 is 0. The monoisotopic (exact) mass is 238 g/mol. The molecule has 0 radical (unpaired) electrons. The molecule has 0 spiro atoms. The molecular formula is C11H18N4O2. The van der Waals surface area contributed by atoms with E-state index in [9.17, 15) is 4.79 Å². The third kappa shape index (κ3) is 2.26. The van der Waals surface area contributed by atoms with Gasteiger partial charge in [0.1, 0.15) is 0 Å². The molecule has 17 heavy (non-hydrogen) atoms. The van der Waals surface area contributed by atoms with Gasteiger partial charge in [0.25, 0.3) is 5.91 Å². The Hall–Kier alpha value is -1.56. The number of aromatic nitrogens is 2. The Morgan fingerprint density at radius 3 is 2.88 bits per heavy atom. The summed E-state index contributed by atoms with van der Waals surface area (Å²) in [6.45, 7) is 1.96. The number of nitrogens with zero attached hydrogens (tertiary/aromatic N) is 1. The minimum atomic E-state index is -0.210. The predicted octanol–water partition coefficient (Wildman–Crippen LogP) is 0.461. The first-order valence-corrected chi connectivity index (χ1v) is 5.82. The van der Waals surface area contributed by atoms with Crippen LogP contribution in [0.4, 0.5) is 5.69 Å². The second kappa shape index (κ2) is 4.75. The highest BCUT2D eigenvalue weighted by atomic mass is 16.5. The molecule has 1 aromatic rings. The number of nitrogen functional groups attached to an aromatic ring is 1. The van der Waals surface area contributed by atoms with E-state index in [4.69, 9.17) is 10.5 Å². The van der Waals surface area contributed by atoms with E-state index in [1.165, 1.54) is 0 Å². The van der Waals surface area contributed by atoms with Crippen LogP contribution in [0.25, 0.3) is 0 Å². The summed E-state index contributed by atoms with van der Waals surface area (Å²) in [5.74, 6) is -0.210. The topological polar surface area (TPSA) is 93.0 Å². The lowest BCUT2D eigenvalue weighted by atomic mass is 9.89. The number of anilines is 1. The van der Waals surface area contributed by atoms with Crippen LogP contribution in [0.15, 0.2) is 0 Å². The fourth-order valence-corrected chi connectivity index (χ4v) is 1.96. The highest BCUT2D eigenvalue weighted by molar-refractivity contribution is 5.97. The number of rotatable bonds is 4. The van der Waals surface area contributed by atoms with Crippen LogP contribution in [0.5, 0.6) is 0 Å². The van der Waals surface area contributed by atoms with Crippen molar-refractivity contribution < 1.29 is 9.53 Å². The molecule has 1 heterocycles. The second-order valence-corrected chi connectivity index (χ2v) is 4.32. The number of ether oxygens (including phenoxy) is 1. The molecule has 0 atom stereocenters. The molecule has 0 aromatic carbocycles. The van der Waals surface area contributed by atoms with Gasteiger partial charge in [-0.1, -0.05) is 6.92 Å². The molecule has 1 amide bonds. The van der Waals surface area contributed by atoms with Crippen molar-refractivity contribution >= 4 is 11.6 Å². The molecule has 4 N–H and O–H groups in total. The number of H-pyrrole nitrogens is 1. The normalized spacial score (nSPS) is 23.2. The minimum Gasteiger partial charge on any atom is -0.395 e. The number of carbonyl (C=O) groups is 1. The molecule has 1 fully saturated rings. The third-order valence-corrected chi connectivity index (χ3v) is 3.21. The quantitative estimate of drug-likeness (QED) is 0.710. The van der Waals surface area contributed by atoms with Crippen LogP contribution < -0.4 is 11.1 Å². The molecule has 1 aromatic heterocycles. The standard InChI is InChI=1S/C11H18N4O2/c1-3-8-9(12)10(15-14-8)11(16)13-6-4-7(5-6)17-2/h6-7H,3-5,12H2,1-2H3,(H,13,16)(H,14,15). The van der Waals surface area contributed by atoms with Gasteiger partial charge in [0, 0.05) is 13.2 Å². The van der Waals surface area contributed by atoms with Crippen molar-refractivity contribution in [2.45, 2.75) is 38.3 Å². The van der Waals surface area contributed by atoms with Crippen LogP contribution >= 0.6 is 0 Å². The van der Waals surface area contributed by atoms with Crippen LogP contribution in [0.3, 0.4) is 0 Å². The summed E-state index contributed by atoms with van der Waals surface area (Å²) in [6, 6.07) is 0.175. The van der Waals surface area contributed by atoms with E-state index >= 15 is 0 Å². The van der Waals surface area contributed by atoms with E-state index in [2.05, 4.69) is 15.5 Å². The van der Waals surface area contributed by atoms with E-state index in [1.54, 1.807) is 7.11 Å². The van der Waals surface area contributed by atoms with Gasteiger partial charge in [-0.15, -0.1) is 0 Å². The zero-order valence-electron chi connectivity index (χ0n) is 10.1. The molecule has 0 aliphatic heterocycles. The summed E-state index contributed by atoms with van der Waals surface area (Å²) in [4.78, 5) is 11.9. The highest BCUT2D eigenvalue weighted by Crippen LogP contribution is 2.23. The Balaban J connectivity index is 1.94. The van der Waals surface area contributed by atoms with E-state index in [-0.39, 0.29) is 18.1 Å². The number of hydrogen-bond donors (Lipinski definition) is 3. The molecule has 6 nitrogen and oxygen atoms in total. The zero-order valence-corrected chi connectivity index (χ0v) is 10.1. The Morgan fingerprint density at radius 1 is 1.65 bits per heavy atom. The summed E-state index contributed by atoms with van der Waals surface area (Å²) in [5.41, 5.74) is 7.37. The number of amides is 1. The fraction of sp³-hybridized carbons (Fsp3) is 0.636. The minimum absolute atomic E-state index is 0.175. The molecule has 0 saturated heterocycles. The highest BCUT2D eigenvalue weighted by Gasteiger charge is 2.31. The number of hydrogen-bond acceptors (Lipinski definition) is 4. The van der Waals surface area contributed by atoms with Crippen molar-refractivity contribution in [3.63, 3.8) is 0 Å². The van der Waals surface area contributed by atoms with Crippen LogP contribution in [0, 0.1) is 0 Å². The molecule has 1 aliphatic carbocycles. The number of aryl methyl sites for hydroxylation is 1. The first-order chi connectivity index (χ1) is 8.15. The molecule has 2 rings (SSSR count). The summed E-state index contributed by atoms with van der Waals surface area (Å²) in [5, 5.41) is 9.61. The molecule has 94 valence electrons. The first-order valence-electron chi connectivity index (χ1n) is 5.82. The number of nitrogens with one attached hydrogen (secondary N) is 2. The van der Waals surface area contributed by atoms with Crippen molar-refractivity contribution in [1.82, 2.24) is 15.5 Å². The Kier molecular flexibility index (Phi) is 3.33. The molecule has 1 saturated carbocycles. The average molecular weight is 238 g/mol. The zero-order chi connectivity index (χ0) is 12.4. The van der Waals surface area contributed by atoms with Gasteiger partial charge in [-0.25, -0.2) is 0 Å². The van der Waals surface area contributed by atoms with Gasteiger partial charge in [0.2, 0.25) is 0 Å². The average Bonchev–Trinajstić information content (AvgIpc) is 2.64. The lowest BCUT2D eigenvalue weighted by Crippen LogP contribution is -2.47. The number of aromatic amines is 1. The van der Waals surface area contributed by atoms with E-state index in [0.717, 1.165) is 25.0 Å². The summed E-state index contributed by atoms with van der Waals surface area (Å²) in [7, 11) is 1.68. The van der Waals surface area contributed by atoms with Crippen LogP contribution in [-0.4, -0.2) is 35.4 Å². The Bertz CT molecular complexity index is 410. The molecule has 0 unspecified atom stereocenters. The Labute approximate surface area is 99.9 Å². The van der Waals surface area contributed by atoms with Gasteiger partial charge in [0.15, 0.2) is 5.69 Å². The second-order valence-electron chi connectivity index (χ2n) is 4.32. The van der Waals surface area contributed by atoms with Crippen molar-refractivity contribution in [2.24, 2.45) is 0 Å². The van der Waals surface area contributed by atoms with Crippen LogP contribution in [0.1, 0.15) is 35.9 Å². The lowest BCUT2D eigenvalue weighted by Gasteiger charge is -2.34. The Morgan fingerprint density at radius 2 is 2.35 bits per heavy atom. The van der Waals surface area contributed by atoms with E-state index < -0.39 is 0 Å². The smallest absolute Gasteiger partial charge is 0.274 e. The SMILES string of the molecule is CCc1[nH]nc(C(=O)NC2CC(OC)C2)c1N. The molecule has 0 bridgehead atoms. The third-order valence-electron chi connectivity index (χ3n) is 3.21. The van der Waals surface area contributed by atoms with Gasteiger partial charge in [-0.05, 0) is 19.3 Å². The molecule has 6 heteroatoms. The number of nitrogens with two attached hydrogens (primary N) is 1. The molecule has 1 aliphatic rings. The van der Waals surface area contributed by atoms with E-state index in [0.29, 0.717) is 11.4 Å². The van der Waals surface area contributed by atoms with Gasteiger partial charge in [-0.2, -0.15) is 5.10 Å².